The number of aromatic nitrogens is 1. The van der Waals surface area contributed by atoms with Crippen molar-refractivity contribution >= 4 is 21.6 Å². The highest BCUT2D eigenvalue weighted by atomic mass is 32.2. The maximum atomic E-state index is 12.7. The summed E-state index contributed by atoms with van der Waals surface area (Å²) >= 11 is 0. The Morgan fingerprint density at radius 3 is 2.27 bits per heavy atom. The van der Waals surface area contributed by atoms with Crippen molar-refractivity contribution < 1.29 is 13.2 Å². The fourth-order valence-electron chi connectivity index (χ4n) is 2.91. The van der Waals surface area contributed by atoms with Crippen LogP contribution in [0.4, 0.5) is 10.5 Å². The van der Waals surface area contributed by atoms with Crippen molar-refractivity contribution in [2.24, 2.45) is 0 Å². The second-order valence-electron chi connectivity index (χ2n) is 7.35. The quantitative estimate of drug-likeness (QED) is 0.586. The average molecular weight is 424 g/mol. The van der Waals surface area contributed by atoms with E-state index in [1.807, 2.05) is 30.3 Å². The van der Waals surface area contributed by atoms with Crippen LogP contribution < -0.4 is 10.6 Å². The van der Waals surface area contributed by atoms with E-state index in [0.29, 0.717) is 18.2 Å². The van der Waals surface area contributed by atoms with Crippen LogP contribution in [0.2, 0.25) is 0 Å². The topological polar surface area (TPSA) is 88.2 Å². The van der Waals surface area contributed by atoms with Gasteiger partial charge < -0.3 is 10.6 Å². The molecule has 0 radical (unpaired) electrons. The Kier molecular flexibility index (Phi) is 6.84. The molecule has 0 unspecified atom stereocenters. The lowest BCUT2D eigenvalue weighted by Crippen LogP contribution is -2.28. The molecule has 7 heteroatoms. The van der Waals surface area contributed by atoms with Crippen LogP contribution in [0.25, 0.3) is 0 Å². The number of benzene rings is 2. The Bertz CT molecular complexity index is 1080. The first-order valence-corrected chi connectivity index (χ1v) is 11.3. The lowest BCUT2D eigenvalue weighted by molar-refractivity contribution is 0.251. The monoisotopic (exact) mass is 423 g/mol. The van der Waals surface area contributed by atoms with Crippen molar-refractivity contribution in [3.05, 3.63) is 89.7 Å². The van der Waals surface area contributed by atoms with Gasteiger partial charge in [-0.15, -0.1) is 0 Å². The molecular weight excluding hydrogens is 398 g/mol. The minimum Gasteiger partial charge on any atom is -0.334 e. The molecule has 0 bridgehead atoms. The van der Waals surface area contributed by atoms with Crippen LogP contribution in [0.3, 0.4) is 0 Å². The molecule has 2 amide bonds. The third-order valence-corrected chi connectivity index (χ3v) is 6.35. The van der Waals surface area contributed by atoms with Gasteiger partial charge in [-0.05, 0) is 52.9 Å². The molecule has 30 heavy (non-hydrogen) atoms. The number of anilines is 1. The largest absolute Gasteiger partial charge is 0.334 e. The minimum absolute atomic E-state index is 0.0657. The molecule has 0 aliphatic carbocycles. The zero-order valence-corrected chi connectivity index (χ0v) is 17.8. The van der Waals surface area contributed by atoms with Crippen LogP contribution in [0, 0.1) is 0 Å². The van der Waals surface area contributed by atoms with E-state index in [2.05, 4.69) is 29.5 Å². The molecule has 3 aromatic rings. The number of carbonyl (C=O) groups excluding carboxylic acids is 1. The number of nitrogens with zero attached hydrogens (tertiary/aromatic N) is 1. The SMILES string of the molecule is CC(C)c1ccc(CS(=O)(=O)c2ccc(NC(=O)NCc3cccnc3)cc2)cc1. The second-order valence-corrected chi connectivity index (χ2v) is 9.34. The van der Waals surface area contributed by atoms with Gasteiger partial charge in [0.15, 0.2) is 9.84 Å². The van der Waals surface area contributed by atoms with E-state index in [1.165, 1.54) is 17.7 Å². The lowest BCUT2D eigenvalue weighted by atomic mass is 10.0. The van der Waals surface area contributed by atoms with Gasteiger partial charge in [0.25, 0.3) is 0 Å². The predicted molar refractivity (Wildman–Crippen MR) is 118 cm³/mol. The van der Waals surface area contributed by atoms with Gasteiger partial charge in [0.2, 0.25) is 0 Å². The Morgan fingerprint density at radius 2 is 1.67 bits per heavy atom. The van der Waals surface area contributed by atoms with Gasteiger partial charge >= 0.3 is 6.03 Å². The standard InChI is InChI=1S/C23H25N3O3S/c1-17(2)20-7-5-18(6-8-20)16-30(28,29)22-11-9-21(10-12-22)26-23(27)25-15-19-4-3-13-24-14-19/h3-14,17H,15-16H2,1-2H3,(H2,25,26,27). The van der Waals surface area contributed by atoms with Crippen LogP contribution in [0.1, 0.15) is 36.5 Å². The molecule has 1 heterocycles. The number of pyridine rings is 1. The fourth-order valence-corrected chi connectivity index (χ4v) is 4.26. The number of amides is 2. The van der Waals surface area contributed by atoms with Gasteiger partial charge in [0, 0.05) is 24.6 Å². The van der Waals surface area contributed by atoms with Crippen LogP contribution >= 0.6 is 0 Å². The summed E-state index contributed by atoms with van der Waals surface area (Å²) in [5, 5.41) is 5.42. The zero-order chi connectivity index (χ0) is 21.6. The maximum absolute atomic E-state index is 12.7. The number of hydrogen-bond acceptors (Lipinski definition) is 4. The zero-order valence-electron chi connectivity index (χ0n) is 17.0. The highest BCUT2D eigenvalue weighted by Gasteiger charge is 2.16. The third-order valence-electron chi connectivity index (χ3n) is 4.65. The molecule has 2 aromatic carbocycles. The molecule has 2 N–H and O–H groups in total. The number of urea groups is 1. The molecule has 0 aliphatic heterocycles. The molecule has 0 spiro atoms. The summed E-state index contributed by atoms with van der Waals surface area (Å²) in [6.45, 7) is 4.54. The second kappa shape index (κ2) is 9.54. The summed E-state index contributed by atoms with van der Waals surface area (Å²) in [5.74, 6) is 0.335. The first-order chi connectivity index (χ1) is 14.3. The molecule has 1 aromatic heterocycles. The highest BCUT2D eigenvalue weighted by molar-refractivity contribution is 7.90. The molecular formula is C23H25N3O3S. The Hall–Kier alpha value is -3.19. The van der Waals surface area contributed by atoms with Gasteiger partial charge in [-0.1, -0.05) is 44.2 Å². The van der Waals surface area contributed by atoms with E-state index in [9.17, 15) is 13.2 Å². The Labute approximate surface area is 177 Å². The molecule has 6 nitrogen and oxygen atoms in total. The average Bonchev–Trinajstić information content (AvgIpc) is 2.73. The van der Waals surface area contributed by atoms with E-state index in [1.54, 1.807) is 30.6 Å². The van der Waals surface area contributed by atoms with Gasteiger partial charge in [0.1, 0.15) is 0 Å². The van der Waals surface area contributed by atoms with Crippen molar-refractivity contribution in [1.82, 2.24) is 10.3 Å². The first kappa shape index (κ1) is 21.5. The summed E-state index contributed by atoms with van der Waals surface area (Å²) < 4.78 is 25.4. The van der Waals surface area contributed by atoms with E-state index < -0.39 is 9.84 Å². The molecule has 0 atom stereocenters. The highest BCUT2D eigenvalue weighted by Crippen LogP contribution is 2.21. The normalized spacial score (nSPS) is 11.3. The molecule has 156 valence electrons. The summed E-state index contributed by atoms with van der Waals surface area (Å²) in [6.07, 6.45) is 3.34. The van der Waals surface area contributed by atoms with Crippen LogP contribution in [-0.2, 0) is 22.1 Å². The van der Waals surface area contributed by atoms with E-state index in [-0.39, 0.29) is 16.7 Å². The number of sulfone groups is 1. The van der Waals surface area contributed by atoms with Crippen LogP contribution in [0.15, 0.2) is 78.0 Å². The summed E-state index contributed by atoms with van der Waals surface area (Å²) in [7, 11) is -3.47. The van der Waals surface area contributed by atoms with Crippen LogP contribution in [-0.4, -0.2) is 19.4 Å². The summed E-state index contributed by atoms with van der Waals surface area (Å²) in [5.41, 5.74) is 3.32. The summed E-state index contributed by atoms with van der Waals surface area (Å²) in [4.78, 5) is 16.2. The Balaban J connectivity index is 1.59. The van der Waals surface area contributed by atoms with Crippen molar-refractivity contribution in [3.63, 3.8) is 0 Å². The number of carbonyl (C=O) groups is 1. The molecule has 0 saturated heterocycles. The van der Waals surface area contributed by atoms with Gasteiger partial charge in [0.05, 0.1) is 10.6 Å². The van der Waals surface area contributed by atoms with E-state index >= 15 is 0 Å². The third kappa shape index (κ3) is 5.90. The molecule has 0 aliphatic rings. The van der Waals surface area contributed by atoms with Crippen molar-refractivity contribution in [1.29, 1.82) is 0 Å². The predicted octanol–water partition coefficient (Wildman–Crippen LogP) is 4.50. The lowest BCUT2D eigenvalue weighted by Gasteiger charge is -2.10. The number of rotatable bonds is 7. The Morgan fingerprint density at radius 1 is 0.967 bits per heavy atom. The fraction of sp³-hybridized carbons (Fsp3) is 0.217. The van der Waals surface area contributed by atoms with E-state index in [0.717, 1.165) is 11.1 Å². The van der Waals surface area contributed by atoms with Gasteiger partial charge in [-0.3, -0.25) is 4.98 Å². The van der Waals surface area contributed by atoms with Crippen molar-refractivity contribution in [2.75, 3.05) is 5.32 Å². The first-order valence-electron chi connectivity index (χ1n) is 9.69. The van der Waals surface area contributed by atoms with Crippen molar-refractivity contribution in [3.8, 4) is 0 Å². The smallest absolute Gasteiger partial charge is 0.319 e. The van der Waals surface area contributed by atoms with Gasteiger partial charge in [-0.25, -0.2) is 13.2 Å². The van der Waals surface area contributed by atoms with Crippen molar-refractivity contribution in [2.45, 2.75) is 37.0 Å². The van der Waals surface area contributed by atoms with E-state index in [4.69, 9.17) is 0 Å². The summed E-state index contributed by atoms with van der Waals surface area (Å²) in [6, 6.07) is 17.1. The molecule has 0 saturated carbocycles. The molecule has 0 fully saturated rings. The maximum Gasteiger partial charge on any atom is 0.319 e. The number of hydrogen-bond donors (Lipinski definition) is 2. The number of nitrogens with one attached hydrogen (secondary N) is 2. The van der Waals surface area contributed by atoms with Gasteiger partial charge in [-0.2, -0.15) is 0 Å². The van der Waals surface area contributed by atoms with Crippen LogP contribution in [0.5, 0.6) is 0 Å². The molecule has 3 rings (SSSR count). The minimum atomic E-state index is -3.47.